The Morgan fingerprint density at radius 3 is 2.24 bits per heavy atom. The van der Waals surface area contributed by atoms with Crippen molar-refractivity contribution in [3.8, 4) is 0 Å². The lowest BCUT2D eigenvalue weighted by Gasteiger charge is -2.23. The number of carboxylic acids is 1. The summed E-state index contributed by atoms with van der Waals surface area (Å²) in [5, 5.41) is 14.6. The first-order valence-corrected chi connectivity index (χ1v) is 7.54. The Morgan fingerprint density at radius 1 is 1.29 bits per heavy atom. The number of aliphatic carboxylic acids is 1. The number of hydrogen-bond donors (Lipinski definition) is 3. The highest BCUT2D eigenvalue weighted by molar-refractivity contribution is 9.10. The molecule has 6 heteroatoms. The maximum absolute atomic E-state index is 12.0. The van der Waals surface area contributed by atoms with Crippen molar-refractivity contribution in [3.05, 3.63) is 27.7 Å². The van der Waals surface area contributed by atoms with Gasteiger partial charge in [0.25, 0.3) is 0 Å². The second-order valence-electron chi connectivity index (χ2n) is 5.44. The maximum Gasteiger partial charge on any atom is 0.319 e. The van der Waals surface area contributed by atoms with Crippen molar-refractivity contribution in [1.82, 2.24) is 5.32 Å². The zero-order chi connectivity index (χ0) is 16.2. The van der Waals surface area contributed by atoms with Gasteiger partial charge in [-0.15, -0.1) is 0 Å². The van der Waals surface area contributed by atoms with Crippen LogP contribution in [0.2, 0.25) is 0 Å². The van der Waals surface area contributed by atoms with Crippen LogP contribution in [-0.4, -0.2) is 23.7 Å². The van der Waals surface area contributed by atoms with Gasteiger partial charge in [0, 0.05) is 16.7 Å². The van der Waals surface area contributed by atoms with E-state index in [2.05, 4.69) is 26.6 Å². The summed E-state index contributed by atoms with van der Waals surface area (Å²) in [4.78, 5) is 23.2. The quantitative estimate of drug-likeness (QED) is 0.752. The highest BCUT2D eigenvalue weighted by Gasteiger charge is 2.31. The molecule has 5 nitrogen and oxygen atoms in total. The predicted molar refractivity (Wildman–Crippen MR) is 86.7 cm³/mol. The van der Waals surface area contributed by atoms with Gasteiger partial charge in [-0.3, -0.25) is 4.79 Å². The Labute approximate surface area is 133 Å². The molecule has 116 valence electrons. The first-order chi connectivity index (χ1) is 9.69. The molecule has 0 aliphatic heterocycles. The van der Waals surface area contributed by atoms with Gasteiger partial charge in [-0.1, -0.05) is 22.9 Å². The molecule has 2 amide bonds. The third kappa shape index (κ3) is 4.46. The average molecular weight is 357 g/mol. The van der Waals surface area contributed by atoms with Crippen LogP contribution in [0.15, 0.2) is 16.6 Å². The van der Waals surface area contributed by atoms with Crippen molar-refractivity contribution >= 4 is 33.6 Å². The number of aryl methyl sites for hydroxylation is 2. The molecule has 0 fully saturated rings. The number of nitrogens with one attached hydrogen (secondary N) is 2. The standard InChI is InChI=1S/C15H21BrN2O3/c1-5-15(4,13(19)20)8-17-14(21)18-12-9(2)6-11(16)7-10(12)3/h6-7H,5,8H2,1-4H3,(H,19,20)(H2,17,18,21). The van der Waals surface area contributed by atoms with Gasteiger partial charge in [-0.2, -0.15) is 0 Å². The molecular formula is C15H21BrN2O3. The highest BCUT2D eigenvalue weighted by Crippen LogP contribution is 2.25. The lowest BCUT2D eigenvalue weighted by Crippen LogP contribution is -2.42. The predicted octanol–water partition coefficient (Wildman–Crippen LogP) is 3.69. The molecule has 1 atom stereocenters. The summed E-state index contributed by atoms with van der Waals surface area (Å²) in [6.45, 7) is 7.29. The molecule has 0 aliphatic carbocycles. The average Bonchev–Trinajstić information content (AvgIpc) is 2.39. The molecule has 0 saturated heterocycles. The maximum atomic E-state index is 12.0. The third-order valence-electron chi connectivity index (χ3n) is 3.67. The number of urea groups is 1. The van der Waals surface area contributed by atoms with E-state index in [-0.39, 0.29) is 6.54 Å². The van der Waals surface area contributed by atoms with Crippen molar-refractivity contribution in [2.75, 3.05) is 11.9 Å². The fourth-order valence-electron chi connectivity index (χ4n) is 1.89. The minimum absolute atomic E-state index is 0.0826. The number of carbonyl (C=O) groups excluding carboxylic acids is 1. The molecular weight excluding hydrogens is 336 g/mol. The summed E-state index contributed by atoms with van der Waals surface area (Å²) in [7, 11) is 0. The van der Waals surface area contributed by atoms with Gasteiger partial charge >= 0.3 is 12.0 Å². The molecule has 0 aromatic heterocycles. The number of halogens is 1. The van der Waals surface area contributed by atoms with Crippen LogP contribution in [0.1, 0.15) is 31.4 Å². The fraction of sp³-hybridized carbons (Fsp3) is 0.467. The zero-order valence-corrected chi connectivity index (χ0v) is 14.3. The van der Waals surface area contributed by atoms with E-state index in [9.17, 15) is 14.7 Å². The molecule has 0 saturated carbocycles. The lowest BCUT2D eigenvalue weighted by molar-refractivity contribution is -0.147. The summed E-state index contributed by atoms with van der Waals surface area (Å²) in [5.41, 5.74) is 1.66. The second-order valence-corrected chi connectivity index (χ2v) is 6.36. The van der Waals surface area contributed by atoms with E-state index in [4.69, 9.17) is 0 Å². The minimum Gasteiger partial charge on any atom is -0.481 e. The molecule has 1 rings (SSSR count). The molecule has 0 heterocycles. The number of anilines is 1. The Bertz CT molecular complexity index is 537. The molecule has 1 unspecified atom stereocenters. The van der Waals surface area contributed by atoms with Crippen LogP contribution in [0.5, 0.6) is 0 Å². The molecule has 0 bridgehead atoms. The highest BCUT2D eigenvalue weighted by atomic mass is 79.9. The fourth-order valence-corrected chi connectivity index (χ4v) is 2.58. The second kappa shape index (κ2) is 6.93. The summed E-state index contributed by atoms with van der Waals surface area (Å²) in [6, 6.07) is 3.43. The Hall–Kier alpha value is -1.56. The summed E-state index contributed by atoms with van der Waals surface area (Å²) < 4.78 is 0.952. The van der Waals surface area contributed by atoms with Crippen molar-refractivity contribution in [2.45, 2.75) is 34.1 Å². The number of carbonyl (C=O) groups is 2. The van der Waals surface area contributed by atoms with Crippen molar-refractivity contribution < 1.29 is 14.7 Å². The normalized spacial score (nSPS) is 13.4. The lowest BCUT2D eigenvalue weighted by atomic mass is 9.88. The first kappa shape index (κ1) is 17.5. The van der Waals surface area contributed by atoms with Crippen LogP contribution in [0.4, 0.5) is 10.5 Å². The molecule has 1 aromatic rings. The zero-order valence-electron chi connectivity index (χ0n) is 12.7. The van der Waals surface area contributed by atoms with Crippen molar-refractivity contribution in [2.24, 2.45) is 5.41 Å². The van der Waals surface area contributed by atoms with Gasteiger partial charge in [0.1, 0.15) is 0 Å². The van der Waals surface area contributed by atoms with E-state index >= 15 is 0 Å². The van der Waals surface area contributed by atoms with Crippen LogP contribution >= 0.6 is 15.9 Å². The SMILES string of the molecule is CCC(C)(CNC(=O)Nc1c(C)cc(Br)cc1C)C(=O)O. The number of carboxylic acid groups (broad SMARTS) is 1. The van der Waals surface area contributed by atoms with E-state index in [1.807, 2.05) is 26.0 Å². The third-order valence-corrected chi connectivity index (χ3v) is 4.13. The Kier molecular flexibility index (Phi) is 5.78. The number of amides is 2. The van der Waals surface area contributed by atoms with Gasteiger partial charge in [-0.05, 0) is 50.5 Å². The molecule has 0 aliphatic rings. The number of rotatable bonds is 5. The van der Waals surface area contributed by atoms with Gasteiger partial charge in [0.05, 0.1) is 5.41 Å². The first-order valence-electron chi connectivity index (χ1n) is 6.74. The molecule has 0 radical (unpaired) electrons. The monoisotopic (exact) mass is 356 g/mol. The van der Waals surface area contributed by atoms with E-state index < -0.39 is 17.4 Å². The molecule has 1 aromatic carbocycles. The van der Waals surface area contributed by atoms with Gasteiger partial charge in [0.2, 0.25) is 0 Å². The van der Waals surface area contributed by atoms with Crippen LogP contribution in [0.25, 0.3) is 0 Å². The van der Waals surface area contributed by atoms with E-state index in [1.54, 1.807) is 13.8 Å². The van der Waals surface area contributed by atoms with Crippen LogP contribution in [0.3, 0.4) is 0 Å². The Balaban J connectivity index is 2.73. The van der Waals surface area contributed by atoms with E-state index in [0.29, 0.717) is 6.42 Å². The van der Waals surface area contributed by atoms with Crippen LogP contribution in [0, 0.1) is 19.3 Å². The number of benzene rings is 1. The van der Waals surface area contributed by atoms with Crippen LogP contribution < -0.4 is 10.6 Å². The van der Waals surface area contributed by atoms with Gasteiger partial charge < -0.3 is 15.7 Å². The molecule has 3 N–H and O–H groups in total. The minimum atomic E-state index is -0.957. The van der Waals surface area contributed by atoms with E-state index in [0.717, 1.165) is 21.3 Å². The summed E-state index contributed by atoms with van der Waals surface area (Å²) in [6.07, 6.45) is 0.443. The number of hydrogen-bond acceptors (Lipinski definition) is 2. The van der Waals surface area contributed by atoms with Crippen LogP contribution in [-0.2, 0) is 4.79 Å². The van der Waals surface area contributed by atoms with Gasteiger partial charge in [0.15, 0.2) is 0 Å². The Morgan fingerprint density at radius 2 is 1.81 bits per heavy atom. The largest absolute Gasteiger partial charge is 0.481 e. The molecule has 21 heavy (non-hydrogen) atoms. The smallest absolute Gasteiger partial charge is 0.319 e. The van der Waals surface area contributed by atoms with E-state index in [1.165, 1.54) is 0 Å². The van der Waals surface area contributed by atoms with Crippen molar-refractivity contribution in [3.63, 3.8) is 0 Å². The van der Waals surface area contributed by atoms with Crippen molar-refractivity contribution in [1.29, 1.82) is 0 Å². The summed E-state index contributed by atoms with van der Waals surface area (Å²) in [5.74, 6) is -0.915. The topological polar surface area (TPSA) is 78.4 Å². The molecule has 0 spiro atoms. The van der Waals surface area contributed by atoms with Gasteiger partial charge in [-0.25, -0.2) is 4.79 Å². The summed E-state index contributed by atoms with van der Waals surface area (Å²) >= 11 is 3.40.